The van der Waals surface area contributed by atoms with E-state index in [1.165, 1.54) is 0 Å². The molecule has 0 amide bonds. The van der Waals surface area contributed by atoms with E-state index >= 15 is 0 Å². The predicted molar refractivity (Wildman–Crippen MR) is 112 cm³/mol. The molecule has 0 saturated carbocycles. The molecule has 0 fully saturated rings. The van der Waals surface area contributed by atoms with E-state index in [0.717, 1.165) is 32.9 Å². The molecule has 0 bridgehead atoms. The lowest BCUT2D eigenvalue weighted by Gasteiger charge is -2.10. The lowest BCUT2D eigenvalue weighted by molar-refractivity contribution is 0.415. The molecular formula is C21H18ClN5O. The zero-order chi connectivity index (χ0) is 19.3. The highest BCUT2D eigenvalue weighted by Crippen LogP contribution is 2.24. The molecule has 2 aromatic carbocycles. The van der Waals surface area contributed by atoms with Crippen molar-refractivity contribution in [1.29, 1.82) is 0 Å². The normalized spacial score (nSPS) is 10.6. The Hall–Kier alpha value is -3.38. The highest BCUT2D eigenvalue weighted by Gasteiger charge is 2.07. The maximum atomic E-state index is 5.92. The van der Waals surface area contributed by atoms with Gasteiger partial charge in [-0.2, -0.15) is 0 Å². The van der Waals surface area contributed by atoms with E-state index in [1.54, 1.807) is 19.5 Å². The first-order chi connectivity index (χ1) is 13.7. The van der Waals surface area contributed by atoms with Crippen LogP contribution < -0.4 is 15.4 Å². The summed E-state index contributed by atoms with van der Waals surface area (Å²) in [6.07, 6.45) is 3.50. The number of methoxy groups -OCH3 is 1. The second-order valence-electron chi connectivity index (χ2n) is 6.12. The lowest BCUT2D eigenvalue weighted by atomic mass is 10.2. The maximum absolute atomic E-state index is 5.92. The summed E-state index contributed by atoms with van der Waals surface area (Å²) < 4.78 is 5.19. The third-order valence-corrected chi connectivity index (χ3v) is 4.48. The Bertz CT molecular complexity index is 1080. The van der Waals surface area contributed by atoms with Gasteiger partial charge in [-0.15, -0.1) is 0 Å². The average molecular weight is 392 g/mol. The van der Waals surface area contributed by atoms with E-state index in [4.69, 9.17) is 16.3 Å². The van der Waals surface area contributed by atoms with Crippen molar-refractivity contribution in [2.45, 2.75) is 6.54 Å². The van der Waals surface area contributed by atoms with Crippen molar-refractivity contribution in [2.24, 2.45) is 0 Å². The van der Waals surface area contributed by atoms with Crippen LogP contribution in [0.3, 0.4) is 0 Å². The number of hydrogen-bond donors (Lipinski definition) is 2. The van der Waals surface area contributed by atoms with Crippen LogP contribution in [0.15, 0.2) is 67.0 Å². The fourth-order valence-corrected chi connectivity index (χ4v) is 2.86. The van der Waals surface area contributed by atoms with Crippen LogP contribution in [0.2, 0.25) is 5.02 Å². The molecule has 0 unspecified atom stereocenters. The first-order valence-corrected chi connectivity index (χ1v) is 9.10. The van der Waals surface area contributed by atoms with Gasteiger partial charge in [0.2, 0.25) is 5.95 Å². The number of hydrogen-bond acceptors (Lipinski definition) is 6. The summed E-state index contributed by atoms with van der Waals surface area (Å²) in [6.45, 7) is 0.616. The number of nitrogens with zero attached hydrogens (tertiary/aromatic N) is 3. The summed E-state index contributed by atoms with van der Waals surface area (Å²) in [5.74, 6) is 2.06. The number of anilines is 3. The van der Waals surface area contributed by atoms with Gasteiger partial charge in [0, 0.05) is 29.6 Å². The molecule has 2 aromatic heterocycles. The van der Waals surface area contributed by atoms with Gasteiger partial charge < -0.3 is 15.4 Å². The Morgan fingerprint density at radius 3 is 2.50 bits per heavy atom. The molecule has 28 heavy (non-hydrogen) atoms. The summed E-state index contributed by atoms with van der Waals surface area (Å²) in [4.78, 5) is 13.4. The quantitative estimate of drug-likeness (QED) is 0.479. The molecule has 0 spiro atoms. The van der Waals surface area contributed by atoms with Crippen LogP contribution in [0.5, 0.6) is 5.75 Å². The summed E-state index contributed by atoms with van der Waals surface area (Å²) in [5, 5.41) is 8.10. The van der Waals surface area contributed by atoms with Gasteiger partial charge in [-0.1, -0.05) is 23.7 Å². The number of ether oxygens (including phenoxy) is 1. The Kier molecular flexibility index (Phi) is 5.21. The standard InChI is InChI=1S/C21H18ClN5O/c1-28-17-8-6-16(7-9-17)26-20-18-13-25-21(27-19(18)10-11-23-20)24-12-14-2-4-15(22)5-3-14/h2-11,13H,12H2,1H3,(H,23,26)(H,24,25,27). The smallest absolute Gasteiger partial charge is 0.223 e. The van der Waals surface area contributed by atoms with E-state index < -0.39 is 0 Å². The van der Waals surface area contributed by atoms with Gasteiger partial charge in [0.25, 0.3) is 0 Å². The Morgan fingerprint density at radius 1 is 0.964 bits per heavy atom. The minimum absolute atomic E-state index is 0.559. The van der Waals surface area contributed by atoms with Crippen LogP contribution in [-0.2, 0) is 6.54 Å². The molecule has 4 aromatic rings. The van der Waals surface area contributed by atoms with Gasteiger partial charge in [-0.05, 0) is 48.0 Å². The Balaban J connectivity index is 1.52. The molecule has 0 atom stereocenters. The van der Waals surface area contributed by atoms with Crippen molar-refractivity contribution < 1.29 is 4.74 Å². The molecule has 2 N–H and O–H groups in total. The average Bonchev–Trinajstić information content (AvgIpc) is 2.74. The van der Waals surface area contributed by atoms with Crippen LogP contribution in [0.25, 0.3) is 10.9 Å². The van der Waals surface area contributed by atoms with Crippen molar-refractivity contribution in [3.05, 3.63) is 77.6 Å². The minimum Gasteiger partial charge on any atom is -0.497 e. The molecule has 4 rings (SSSR count). The Labute approximate surface area is 167 Å². The highest BCUT2D eigenvalue weighted by atomic mass is 35.5. The molecule has 0 aliphatic rings. The molecular weight excluding hydrogens is 374 g/mol. The van der Waals surface area contributed by atoms with Crippen molar-refractivity contribution in [1.82, 2.24) is 15.0 Å². The lowest BCUT2D eigenvalue weighted by Crippen LogP contribution is -2.04. The number of halogens is 1. The number of pyridine rings is 1. The van der Waals surface area contributed by atoms with Crippen LogP contribution in [0.1, 0.15) is 5.56 Å². The van der Waals surface area contributed by atoms with Crippen molar-refractivity contribution in [3.63, 3.8) is 0 Å². The highest BCUT2D eigenvalue weighted by molar-refractivity contribution is 6.30. The zero-order valence-electron chi connectivity index (χ0n) is 15.2. The van der Waals surface area contributed by atoms with Gasteiger partial charge in [0.05, 0.1) is 18.0 Å². The summed E-state index contributed by atoms with van der Waals surface area (Å²) >= 11 is 5.92. The largest absolute Gasteiger partial charge is 0.497 e. The van der Waals surface area contributed by atoms with E-state index in [2.05, 4.69) is 25.6 Å². The molecule has 0 aliphatic heterocycles. The van der Waals surface area contributed by atoms with Crippen molar-refractivity contribution >= 4 is 40.0 Å². The Morgan fingerprint density at radius 2 is 1.75 bits per heavy atom. The SMILES string of the molecule is COc1ccc(Nc2nccc3nc(NCc4ccc(Cl)cc4)ncc23)cc1. The fraction of sp³-hybridized carbons (Fsp3) is 0.0952. The topological polar surface area (TPSA) is 72.0 Å². The third kappa shape index (κ3) is 4.13. The van der Waals surface area contributed by atoms with Crippen LogP contribution in [-0.4, -0.2) is 22.1 Å². The number of nitrogens with one attached hydrogen (secondary N) is 2. The molecule has 0 saturated heterocycles. The molecule has 6 nitrogen and oxygen atoms in total. The molecule has 2 heterocycles. The fourth-order valence-electron chi connectivity index (χ4n) is 2.74. The van der Waals surface area contributed by atoms with Gasteiger partial charge in [0.1, 0.15) is 11.6 Å². The van der Waals surface area contributed by atoms with E-state index in [0.29, 0.717) is 18.3 Å². The number of aromatic nitrogens is 3. The van der Waals surface area contributed by atoms with E-state index in [-0.39, 0.29) is 0 Å². The van der Waals surface area contributed by atoms with Crippen LogP contribution in [0, 0.1) is 0 Å². The van der Waals surface area contributed by atoms with Crippen molar-refractivity contribution in [2.75, 3.05) is 17.7 Å². The zero-order valence-corrected chi connectivity index (χ0v) is 15.9. The van der Waals surface area contributed by atoms with Gasteiger partial charge in [-0.3, -0.25) is 0 Å². The monoisotopic (exact) mass is 391 g/mol. The van der Waals surface area contributed by atoms with Crippen LogP contribution in [0.4, 0.5) is 17.5 Å². The first-order valence-electron chi connectivity index (χ1n) is 8.72. The number of benzene rings is 2. The molecule has 140 valence electrons. The summed E-state index contributed by atoms with van der Waals surface area (Å²) in [5.41, 5.74) is 2.81. The third-order valence-electron chi connectivity index (χ3n) is 4.23. The second-order valence-corrected chi connectivity index (χ2v) is 6.56. The first kappa shape index (κ1) is 18.0. The number of rotatable bonds is 6. The van der Waals surface area contributed by atoms with Gasteiger partial charge >= 0.3 is 0 Å². The summed E-state index contributed by atoms with van der Waals surface area (Å²) in [7, 11) is 1.64. The molecule has 7 heteroatoms. The number of fused-ring (bicyclic) bond motifs is 1. The van der Waals surface area contributed by atoms with E-state index in [1.807, 2.05) is 54.6 Å². The van der Waals surface area contributed by atoms with E-state index in [9.17, 15) is 0 Å². The second kappa shape index (κ2) is 8.10. The van der Waals surface area contributed by atoms with Crippen molar-refractivity contribution in [3.8, 4) is 5.75 Å². The molecule has 0 radical (unpaired) electrons. The summed E-state index contributed by atoms with van der Waals surface area (Å²) in [6, 6.07) is 17.2. The van der Waals surface area contributed by atoms with Gasteiger partial charge in [0.15, 0.2) is 0 Å². The maximum Gasteiger partial charge on any atom is 0.223 e. The predicted octanol–water partition coefficient (Wildman–Crippen LogP) is 5.04. The minimum atomic E-state index is 0.559. The van der Waals surface area contributed by atoms with Crippen LogP contribution >= 0.6 is 11.6 Å². The molecule has 0 aliphatic carbocycles. The van der Waals surface area contributed by atoms with Gasteiger partial charge in [-0.25, -0.2) is 15.0 Å².